The smallest absolute Gasteiger partial charge is 0.328 e. The summed E-state index contributed by atoms with van der Waals surface area (Å²) >= 11 is 6.22. The highest BCUT2D eigenvalue weighted by molar-refractivity contribution is 6.32. The number of halogens is 1. The van der Waals surface area contributed by atoms with E-state index in [-0.39, 0.29) is 0 Å². The highest BCUT2D eigenvalue weighted by Gasteiger charge is 2.18. The Hall–Kier alpha value is -1.48. The molecule has 0 unspecified atom stereocenters. The third kappa shape index (κ3) is 3.76. The van der Waals surface area contributed by atoms with Gasteiger partial charge < -0.3 is 10.0 Å². The van der Waals surface area contributed by atoms with Gasteiger partial charge in [-0.15, -0.1) is 0 Å². The van der Waals surface area contributed by atoms with Gasteiger partial charge in [0.1, 0.15) is 0 Å². The minimum absolute atomic E-state index is 0.595. The number of nitrogens with zero attached hydrogens (tertiary/aromatic N) is 1. The molecule has 0 spiro atoms. The predicted octanol–water partition coefficient (Wildman–Crippen LogP) is 4.06. The molecular weight excluding hydrogens is 274 g/mol. The van der Waals surface area contributed by atoms with Crippen molar-refractivity contribution in [3.05, 3.63) is 34.9 Å². The molecule has 0 amide bonds. The minimum atomic E-state index is -0.966. The maximum atomic E-state index is 10.5. The third-order valence-electron chi connectivity index (χ3n) is 3.95. The van der Waals surface area contributed by atoms with Crippen LogP contribution >= 0.6 is 11.6 Å². The average molecular weight is 294 g/mol. The molecule has 1 aromatic rings. The summed E-state index contributed by atoms with van der Waals surface area (Å²) in [7, 11) is 0. The van der Waals surface area contributed by atoms with E-state index in [2.05, 4.69) is 11.8 Å². The predicted molar refractivity (Wildman–Crippen MR) is 83.3 cm³/mol. The van der Waals surface area contributed by atoms with Crippen molar-refractivity contribution >= 4 is 29.3 Å². The average Bonchev–Trinajstić information content (AvgIpc) is 2.46. The summed E-state index contributed by atoms with van der Waals surface area (Å²) in [5, 5.41) is 9.23. The van der Waals surface area contributed by atoms with E-state index in [0.29, 0.717) is 5.02 Å². The van der Waals surface area contributed by atoms with Gasteiger partial charge in [-0.05, 0) is 42.5 Å². The lowest BCUT2D eigenvalue weighted by Crippen LogP contribution is -2.33. The van der Waals surface area contributed by atoms with Gasteiger partial charge >= 0.3 is 5.97 Å². The monoisotopic (exact) mass is 293 g/mol. The molecule has 0 bridgehead atoms. The van der Waals surface area contributed by atoms with E-state index in [1.54, 1.807) is 0 Å². The van der Waals surface area contributed by atoms with Gasteiger partial charge in [0.05, 0.1) is 0 Å². The van der Waals surface area contributed by atoms with Gasteiger partial charge in [0.15, 0.2) is 0 Å². The molecule has 108 valence electrons. The molecule has 1 aliphatic rings. The topological polar surface area (TPSA) is 40.5 Å². The zero-order valence-electron chi connectivity index (χ0n) is 11.7. The molecule has 0 atom stereocenters. The van der Waals surface area contributed by atoms with Crippen LogP contribution in [-0.4, -0.2) is 24.2 Å². The first-order chi connectivity index (χ1) is 9.60. The largest absolute Gasteiger partial charge is 0.478 e. The van der Waals surface area contributed by atoms with Crippen LogP contribution in [-0.2, 0) is 4.79 Å². The normalized spacial score (nSPS) is 16.8. The Morgan fingerprint density at radius 2 is 2.15 bits per heavy atom. The number of hydrogen-bond acceptors (Lipinski definition) is 2. The third-order valence-corrected chi connectivity index (χ3v) is 4.27. The van der Waals surface area contributed by atoms with E-state index in [4.69, 9.17) is 16.7 Å². The summed E-state index contributed by atoms with van der Waals surface area (Å²) in [5.41, 5.74) is 1.86. The van der Waals surface area contributed by atoms with Crippen LogP contribution in [0.1, 0.15) is 31.7 Å². The number of piperidine rings is 1. The molecule has 0 aliphatic carbocycles. The fraction of sp³-hybridized carbons (Fsp3) is 0.438. The van der Waals surface area contributed by atoms with Crippen LogP contribution in [0.25, 0.3) is 6.08 Å². The van der Waals surface area contributed by atoms with Crippen LogP contribution in [0.4, 0.5) is 5.69 Å². The van der Waals surface area contributed by atoms with E-state index in [0.717, 1.165) is 36.3 Å². The summed E-state index contributed by atoms with van der Waals surface area (Å²) < 4.78 is 0. The van der Waals surface area contributed by atoms with Gasteiger partial charge in [0, 0.05) is 29.9 Å². The second-order valence-electron chi connectivity index (χ2n) is 5.22. The molecule has 0 aromatic heterocycles. The molecule has 1 heterocycles. The van der Waals surface area contributed by atoms with Crippen molar-refractivity contribution < 1.29 is 9.90 Å². The standard InChI is InChI=1S/C16H20ClNO2/c1-2-12-7-9-18(10-8-12)14-5-3-13(15(17)11-14)4-6-16(19)20/h3-6,11-12H,2,7-10H2,1H3,(H,19,20)/b6-4+. The number of carboxylic acids is 1. The van der Waals surface area contributed by atoms with Crippen LogP contribution in [0.3, 0.4) is 0 Å². The van der Waals surface area contributed by atoms with Gasteiger partial charge in [-0.1, -0.05) is 31.0 Å². The number of rotatable bonds is 4. The Morgan fingerprint density at radius 1 is 1.45 bits per heavy atom. The molecule has 0 saturated carbocycles. The molecule has 4 heteroatoms. The number of aliphatic carboxylic acids is 1. The Balaban J connectivity index is 2.07. The minimum Gasteiger partial charge on any atom is -0.478 e. The summed E-state index contributed by atoms with van der Waals surface area (Å²) in [6, 6.07) is 5.82. The van der Waals surface area contributed by atoms with E-state index >= 15 is 0 Å². The molecular formula is C16H20ClNO2. The maximum absolute atomic E-state index is 10.5. The molecule has 1 fully saturated rings. The molecule has 20 heavy (non-hydrogen) atoms. The van der Waals surface area contributed by atoms with E-state index in [1.807, 2.05) is 18.2 Å². The summed E-state index contributed by atoms with van der Waals surface area (Å²) in [4.78, 5) is 12.9. The van der Waals surface area contributed by atoms with E-state index in [9.17, 15) is 4.79 Å². The van der Waals surface area contributed by atoms with Gasteiger partial charge in [-0.3, -0.25) is 0 Å². The molecule has 1 aromatic carbocycles. The highest BCUT2D eigenvalue weighted by Crippen LogP contribution is 2.29. The second-order valence-corrected chi connectivity index (χ2v) is 5.62. The SMILES string of the molecule is CCC1CCN(c2ccc(/C=C/C(=O)O)c(Cl)c2)CC1. The number of carbonyl (C=O) groups is 1. The van der Waals surface area contributed by atoms with Crippen molar-refractivity contribution in [3.8, 4) is 0 Å². The van der Waals surface area contributed by atoms with Gasteiger partial charge in [0.2, 0.25) is 0 Å². The van der Waals surface area contributed by atoms with E-state index < -0.39 is 5.97 Å². The van der Waals surface area contributed by atoms with Crippen molar-refractivity contribution in [1.82, 2.24) is 0 Å². The highest BCUT2D eigenvalue weighted by atomic mass is 35.5. The van der Waals surface area contributed by atoms with Crippen LogP contribution in [0, 0.1) is 5.92 Å². The summed E-state index contributed by atoms with van der Waals surface area (Å²) in [5.74, 6) is -0.119. The lowest BCUT2D eigenvalue weighted by Gasteiger charge is -2.33. The van der Waals surface area contributed by atoms with Crippen molar-refractivity contribution in [2.24, 2.45) is 5.92 Å². The van der Waals surface area contributed by atoms with Crippen molar-refractivity contribution in [2.45, 2.75) is 26.2 Å². The Bertz CT molecular complexity index is 505. The van der Waals surface area contributed by atoms with Gasteiger partial charge in [0.25, 0.3) is 0 Å². The Kier molecular flexibility index (Phi) is 5.07. The first-order valence-corrected chi connectivity index (χ1v) is 7.43. The zero-order chi connectivity index (χ0) is 14.5. The lowest BCUT2D eigenvalue weighted by atomic mass is 9.94. The molecule has 1 aliphatic heterocycles. The quantitative estimate of drug-likeness (QED) is 0.851. The van der Waals surface area contributed by atoms with Gasteiger partial charge in [-0.25, -0.2) is 4.79 Å². The van der Waals surface area contributed by atoms with E-state index in [1.165, 1.54) is 25.3 Å². The summed E-state index contributed by atoms with van der Waals surface area (Å²) in [6.45, 7) is 4.39. The Labute approximate surface area is 124 Å². The lowest BCUT2D eigenvalue weighted by molar-refractivity contribution is -0.131. The molecule has 2 rings (SSSR count). The first kappa shape index (κ1) is 14.9. The molecule has 1 saturated heterocycles. The van der Waals surface area contributed by atoms with Crippen molar-refractivity contribution in [2.75, 3.05) is 18.0 Å². The number of hydrogen-bond donors (Lipinski definition) is 1. The van der Waals surface area contributed by atoms with Crippen molar-refractivity contribution in [1.29, 1.82) is 0 Å². The Morgan fingerprint density at radius 3 is 2.70 bits per heavy atom. The maximum Gasteiger partial charge on any atom is 0.328 e. The molecule has 0 radical (unpaired) electrons. The number of carboxylic acid groups (broad SMARTS) is 1. The van der Waals surface area contributed by atoms with Crippen LogP contribution in [0.5, 0.6) is 0 Å². The first-order valence-electron chi connectivity index (χ1n) is 7.05. The molecule has 3 nitrogen and oxygen atoms in total. The fourth-order valence-electron chi connectivity index (χ4n) is 2.61. The number of benzene rings is 1. The van der Waals surface area contributed by atoms with Gasteiger partial charge in [-0.2, -0.15) is 0 Å². The zero-order valence-corrected chi connectivity index (χ0v) is 12.4. The van der Waals surface area contributed by atoms with Crippen LogP contribution < -0.4 is 4.90 Å². The molecule has 1 N–H and O–H groups in total. The summed E-state index contributed by atoms with van der Waals surface area (Å²) in [6.07, 6.45) is 6.35. The number of anilines is 1. The van der Waals surface area contributed by atoms with Crippen molar-refractivity contribution in [3.63, 3.8) is 0 Å². The van der Waals surface area contributed by atoms with Crippen LogP contribution in [0.15, 0.2) is 24.3 Å². The van der Waals surface area contributed by atoms with Crippen LogP contribution in [0.2, 0.25) is 5.02 Å². The fourth-order valence-corrected chi connectivity index (χ4v) is 2.85. The second kappa shape index (κ2) is 6.80.